The summed E-state index contributed by atoms with van der Waals surface area (Å²) in [5.74, 6) is 1.02. The van der Waals surface area contributed by atoms with E-state index in [4.69, 9.17) is 19.9 Å². The Bertz CT molecular complexity index is 487. The molecule has 7 heteroatoms. The highest BCUT2D eigenvalue weighted by atomic mass is 16.5. The molecule has 1 saturated heterocycles. The van der Waals surface area contributed by atoms with Crippen LogP contribution < -0.4 is 25.8 Å². The maximum absolute atomic E-state index is 11.9. The molecule has 0 aliphatic carbocycles. The van der Waals surface area contributed by atoms with Crippen molar-refractivity contribution in [1.82, 2.24) is 5.32 Å². The van der Waals surface area contributed by atoms with Gasteiger partial charge in [-0.3, -0.25) is 0 Å². The molecule has 2 amide bonds. The summed E-state index contributed by atoms with van der Waals surface area (Å²) in [5, 5.41) is 5.51. The van der Waals surface area contributed by atoms with Crippen molar-refractivity contribution >= 4 is 17.4 Å². The van der Waals surface area contributed by atoms with Crippen molar-refractivity contribution in [3.63, 3.8) is 0 Å². The molecule has 0 bridgehead atoms. The number of nitrogens with one attached hydrogen (secondary N) is 2. The van der Waals surface area contributed by atoms with E-state index in [1.54, 1.807) is 12.1 Å². The summed E-state index contributed by atoms with van der Waals surface area (Å²) in [5.41, 5.74) is 6.75. The van der Waals surface area contributed by atoms with Gasteiger partial charge in [0.05, 0.1) is 38.2 Å². The molecule has 7 nitrogen and oxygen atoms in total. The fourth-order valence-corrected chi connectivity index (χ4v) is 2.00. The minimum Gasteiger partial charge on any atom is -0.493 e. The zero-order chi connectivity index (χ0) is 14.5. The lowest BCUT2D eigenvalue weighted by Gasteiger charge is -2.15. The Morgan fingerprint density at radius 1 is 1.35 bits per heavy atom. The van der Waals surface area contributed by atoms with Crippen LogP contribution >= 0.6 is 0 Å². The maximum atomic E-state index is 11.9. The number of amides is 2. The standard InChI is InChI=1S/C13H19N3O4/c1-18-11-5-9(14)10(6-12(11)19-2)16-13(17)15-8-3-4-20-7-8/h5-6,8H,3-4,7,14H2,1-2H3,(H2,15,16,17). The summed E-state index contributed by atoms with van der Waals surface area (Å²) >= 11 is 0. The van der Waals surface area contributed by atoms with E-state index in [1.807, 2.05) is 0 Å². The number of anilines is 2. The third-order valence-electron chi connectivity index (χ3n) is 3.07. The smallest absolute Gasteiger partial charge is 0.319 e. The molecule has 0 spiro atoms. The Labute approximate surface area is 117 Å². The van der Waals surface area contributed by atoms with Gasteiger partial charge in [-0.05, 0) is 6.42 Å². The number of methoxy groups -OCH3 is 2. The molecular weight excluding hydrogens is 262 g/mol. The molecule has 1 aliphatic heterocycles. The van der Waals surface area contributed by atoms with Gasteiger partial charge < -0.3 is 30.6 Å². The van der Waals surface area contributed by atoms with E-state index < -0.39 is 0 Å². The van der Waals surface area contributed by atoms with Crippen LogP contribution in [0.3, 0.4) is 0 Å². The third-order valence-corrected chi connectivity index (χ3v) is 3.07. The first kappa shape index (κ1) is 14.3. The fourth-order valence-electron chi connectivity index (χ4n) is 2.00. The van der Waals surface area contributed by atoms with Gasteiger partial charge in [0.25, 0.3) is 0 Å². The molecule has 0 radical (unpaired) electrons. The van der Waals surface area contributed by atoms with Crippen molar-refractivity contribution in [1.29, 1.82) is 0 Å². The molecule has 20 heavy (non-hydrogen) atoms. The van der Waals surface area contributed by atoms with Gasteiger partial charge >= 0.3 is 6.03 Å². The van der Waals surface area contributed by atoms with Crippen molar-refractivity contribution in [3.8, 4) is 11.5 Å². The number of ether oxygens (including phenoxy) is 3. The fraction of sp³-hybridized carbons (Fsp3) is 0.462. The van der Waals surface area contributed by atoms with Crippen molar-refractivity contribution in [2.45, 2.75) is 12.5 Å². The summed E-state index contributed by atoms with van der Waals surface area (Å²) in [6, 6.07) is 2.95. The topological polar surface area (TPSA) is 94.8 Å². The normalized spacial score (nSPS) is 17.6. The summed E-state index contributed by atoms with van der Waals surface area (Å²) < 4.78 is 15.5. The average molecular weight is 281 g/mol. The molecule has 1 fully saturated rings. The number of rotatable bonds is 4. The highest BCUT2D eigenvalue weighted by molar-refractivity contribution is 5.93. The van der Waals surface area contributed by atoms with Crippen LogP contribution in [0.1, 0.15) is 6.42 Å². The first-order valence-corrected chi connectivity index (χ1v) is 6.30. The lowest BCUT2D eigenvalue weighted by molar-refractivity contribution is 0.189. The SMILES string of the molecule is COc1cc(N)c(NC(=O)NC2CCOC2)cc1OC. The van der Waals surface area contributed by atoms with Crippen LogP contribution in [0.25, 0.3) is 0 Å². The van der Waals surface area contributed by atoms with Crippen molar-refractivity contribution in [3.05, 3.63) is 12.1 Å². The predicted octanol–water partition coefficient (Wildman–Crippen LogP) is 1.20. The van der Waals surface area contributed by atoms with E-state index in [1.165, 1.54) is 14.2 Å². The molecule has 1 heterocycles. The van der Waals surface area contributed by atoms with E-state index in [-0.39, 0.29) is 12.1 Å². The second-order valence-corrected chi connectivity index (χ2v) is 4.45. The number of nitrogen functional groups attached to an aromatic ring is 1. The number of nitrogens with two attached hydrogens (primary N) is 1. The quantitative estimate of drug-likeness (QED) is 0.721. The number of urea groups is 1. The highest BCUT2D eigenvalue weighted by Crippen LogP contribution is 2.34. The van der Waals surface area contributed by atoms with Gasteiger partial charge in [0.1, 0.15) is 0 Å². The Hall–Kier alpha value is -2.15. The van der Waals surface area contributed by atoms with Gasteiger partial charge in [-0.15, -0.1) is 0 Å². The van der Waals surface area contributed by atoms with Gasteiger partial charge in [-0.2, -0.15) is 0 Å². The van der Waals surface area contributed by atoms with E-state index in [0.717, 1.165) is 6.42 Å². The van der Waals surface area contributed by atoms with Crippen LogP contribution in [0.15, 0.2) is 12.1 Å². The Morgan fingerprint density at radius 2 is 2.05 bits per heavy atom. The molecule has 110 valence electrons. The summed E-state index contributed by atoms with van der Waals surface area (Å²) in [6.45, 7) is 1.21. The number of carbonyl (C=O) groups is 1. The molecule has 1 unspecified atom stereocenters. The lowest BCUT2D eigenvalue weighted by Crippen LogP contribution is -2.38. The second kappa shape index (κ2) is 6.33. The average Bonchev–Trinajstić information content (AvgIpc) is 2.93. The van der Waals surface area contributed by atoms with Crippen LogP contribution in [-0.4, -0.2) is 39.5 Å². The second-order valence-electron chi connectivity index (χ2n) is 4.45. The number of benzene rings is 1. The molecule has 1 aromatic rings. The summed E-state index contributed by atoms with van der Waals surface area (Å²) in [4.78, 5) is 11.9. The molecule has 2 rings (SSSR count). The largest absolute Gasteiger partial charge is 0.493 e. The zero-order valence-corrected chi connectivity index (χ0v) is 11.6. The minimum atomic E-state index is -0.320. The lowest BCUT2D eigenvalue weighted by atomic mass is 10.2. The summed E-state index contributed by atoms with van der Waals surface area (Å²) in [7, 11) is 3.05. The van der Waals surface area contributed by atoms with Gasteiger partial charge in [0.15, 0.2) is 11.5 Å². The van der Waals surface area contributed by atoms with Gasteiger partial charge in [-0.1, -0.05) is 0 Å². The van der Waals surface area contributed by atoms with Gasteiger partial charge in [-0.25, -0.2) is 4.79 Å². The first-order chi connectivity index (χ1) is 9.63. The Morgan fingerprint density at radius 3 is 2.65 bits per heavy atom. The zero-order valence-electron chi connectivity index (χ0n) is 11.6. The molecule has 1 aromatic carbocycles. The molecule has 0 saturated carbocycles. The molecule has 1 aliphatic rings. The predicted molar refractivity (Wildman–Crippen MR) is 75.3 cm³/mol. The third kappa shape index (κ3) is 3.24. The van der Waals surface area contributed by atoms with Crippen molar-refractivity contribution < 1.29 is 19.0 Å². The van der Waals surface area contributed by atoms with E-state index in [9.17, 15) is 4.79 Å². The minimum absolute atomic E-state index is 0.0383. The van der Waals surface area contributed by atoms with E-state index in [2.05, 4.69) is 10.6 Å². The summed E-state index contributed by atoms with van der Waals surface area (Å²) in [6.07, 6.45) is 0.814. The van der Waals surface area contributed by atoms with E-state index >= 15 is 0 Å². The molecular formula is C13H19N3O4. The molecule has 4 N–H and O–H groups in total. The molecule has 0 aromatic heterocycles. The van der Waals surface area contributed by atoms with Crippen molar-refractivity contribution in [2.24, 2.45) is 0 Å². The van der Waals surface area contributed by atoms with Gasteiger partial charge in [0.2, 0.25) is 0 Å². The molecule has 1 atom stereocenters. The highest BCUT2D eigenvalue weighted by Gasteiger charge is 2.18. The number of hydrogen-bond donors (Lipinski definition) is 3. The van der Waals surface area contributed by atoms with Crippen LogP contribution in [0.5, 0.6) is 11.5 Å². The Balaban J connectivity index is 2.06. The van der Waals surface area contributed by atoms with Crippen LogP contribution in [0, 0.1) is 0 Å². The van der Waals surface area contributed by atoms with Crippen LogP contribution in [-0.2, 0) is 4.74 Å². The first-order valence-electron chi connectivity index (χ1n) is 6.30. The van der Waals surface area contributed by atoms with E-state index in [0.29, 0.717) is 36.1 Å². The Kier molecular flexibility index (Phi) is 4.52. The van der Waals surface area contributed by atoms with Crippen LogP contribution in [0.4, 0.5) is 16.2 Å². The van der Waals surface area contributed by atoms with Gasteiger partial charge in [0, 0.05) is 18.7 Å². The maximum Gasteiger partial charge on any atom is 0.319 e. The number of hydrogen-bond acceptors (Lipinski definition) is 5. The van der Waals surface area contributed by atoms with Crippen LogP contribution in [0.2, 0.25) is 0 Å². The monoisotopic (exact) mass is 281 g/mol. The number of carbonyl (C=O) groups excluding carboxylic acids is 1. The van der Waals surface area contributed by atoms with Crippen molar-refractivity contribution in [2.75, 3.05) is 38.5 Å².